The van der Waals surface area contributed by atoms with Gasteiger partial charge in [0.25, 0.3) is 11.5 Å². The fourth-order valence-corrected chi connectivity index (χ4v) is 6.18. The van der Waals surface area contributed by atoms with E-state index in [0.29, 0.717) is 19.6 Å². The lowest BCUT2D eigenvalue weighted by atomic mass is 9.72. The summed E-state index contributed by atoms with van der Waals surface area (Å²) in [5.41, 5.74) is 1.04. The molecule has 1 atom stereocenters. The first-order valence-electron chi connectivity index (χ1n) is 14.0. The highest BCUT2D eigenvalue weighted by molar-refractivity contribution is 5.94. The summed E-state index contributed by atoms with van der Waals surface area (Å²) in [6, 6.07) is 23.3. The van der Waals surface area contributed by atoms with Crippen molar-refractivity contribution in [2.24, 2.45) is 5.92 Å². The fourth-order valence-electron chi connectivity index (χ4n) is 6.18. The average molecular weight is 530 g/mol. The largest absolute Gasteiger partial charge is 0.380 e. The summed E-state index contributed by atoms with van der Waals surface area (Å²) >= 11 is 0. The molecule has 3 N–H and O–H groups in total. The van der Waals surface area contributed by atoms with E-state index in [4.69, 9.17) is 4.74 Å². The molecule has 0 unspecified atom stereocenters. The number of nitrogens with zero attached hydrogens (tertiary/aromatic N) is 1. The number of carbonyl (C=O) groups is 1. The Kier molecular flexibility index (Phi) is 8.03. The van der Waals surface area contributed by atoms with Gasteiger partial charge in [-0.3, -0.25) is 14.5 Å². The molecule has 0 spiro atoms. The lowest BCUT2D eigenvalue weighted by molar-refractivity contribution is -0.0615. The molecule has 2 aromatic carbocycles. The molecule has 206 valence electrons. The normalized spacial score (nSPS) is 20.4. The van der Waals surface area contributed by atoms with Crippen molar-refractivity contribution in [2.75, 3.05) is 19.7 Å². The number of amides is 1. The maximum Gasteiger partial charge on any atom is 0.261 e. The minimum Gasteiger partial charge on any atom is -0.380 e. The average Bonchev–Trinajstić information content (AvgIpc) is 2.93. The highest BCUT2D eigenvalue weighted by atomic mass is 16.5. The predicted octanol–water partition coefficient (Wildman–Crippen LogP) is 4.21. The van der Waals surface area contributed by atoms with Gasteiger partial charge in [-0.1, -0.05) is 60.7 Å². The van der Waals surface area contributed by atoms with Gasteiger partial charge in [0.2, 0.25) is 0 Å². The molecule has 3 heterocycles. The van der Waals surface area contributed by atoms with E-state index in [1.54, 1.807) is 6.07 Å². The van der Waals surface area contributed by atoms with E-state index in [9.17, 15) is 14.7 Å². The summed E-state index contributed by atoms with van der Waals surface area (Å²) in [4.78, 5) is 30.8. The van der Waals surface area contributed by atoms with E-state index in [-0.39, 0.29) is 34.6 Å². The molecule has 39 heavy (non-hydrogen) atoms. The molecular formula is C32H39N3O4. The van der Waals surface area contributed by atoms with Gasteiger partial charge in [-0.2, -0.15) is 0 Å². The first-order chi connectivity index (χ1) is 18.7. The molecule has 1 amide bonds. The third-order valence-corrected chi connectivity index (χ3v) is 8.25. The van der Waals surface area contributed by atoms with Crippen molar-refractivity contribution < 1.29 is 14.6 Å². The van der Waals surface area contributed by atoms with Crippen molar-refractivity contribution in [3.8, 4) is 0 Å². The number of rotatable bonds is 7. The Bertz CT molecular complexity index is 1270. The van der Waals surface area contributed by atoms with Crippen LogP contribution in [0.4, 0.5) is 0 Å². The van der Waals surface area contributed by atoms with Gasteiger partial charge in [-0.05, 0) is 81.8 Å². The number of likely N-dealkylation sites (tertiary alicyclic amines) is 1. The van der Waals surface area contributed by atoms with Crippen LogP contribution >= 0.6 is 0 Å². The Hall–Kier alpha value is -3.26. The maximum absolute atomic E-state index is 12.8. The van der Waals surface area contributed by atoms with Crippen LogP contribution in [0.3, 0.4) is 0 Å². The zero-order valence-electron chi connectivity index (χ0n) is 22.9. The van der Waals surface area contributed by atoms with Crippen LogP contribution in [-0.4, -0.2) is 52.2 Å². The van der Waals surface area contributed by atoms with Gasteiger partial charge in [-0.15, -0.1) is 0 Å². The summed E-state index contributed by atoms with van der Waals surface area (Å²) in [6.07, 6.45) is 3.11. The molecule has 2 aliphatic rings. The van der Waals surface area contributed by atoms with Gasteiger partial charge in [0.1, 0.15) is 11.2 Å². The number of pyridine rings is 1. The van der Waals surface area contributed by atoms with Crippen LogP contribution in [0.1, 0.15) is 66.7 Å². The van der Waals surface area contributed by atoms with Crippen molar-refractivity contribution in [3.63, 3.8) is 0 Å². The second kappa shape index (κ2) is 11.5. The smallest absolute Gasteiger partial charge is 0.261 e. The van der Waals surface area contributed by atoms with Gasteiger partial charge >= 0.3 is 0 Å². The molecule has 2 saturated heterocycles. The monoisotopic (exact) mass is 529 g/mol. The summed E-state index contributed by atoms with van der Waals surface area (Å²) in [5.74, 6) is -0.272. The molecule has 5 rings (SSSR count). The number of hydrogen-bond acceptors (Lipinski definition) is 5. The quantitative estimate of drug-likeness (QED) is 0.426. The molecule has 0 aliphatic carbocycles. The summed E-state index contributed by atoms with van der Waals surface area (Å²) in [7, 11) is 0. The van der Waals surface area contributed by atoms with E-state index < -0.39 is 5.60 Å². The Morgan fingerprint density at radius 1 is 1.00 bits per heavy atom. The number of aliphatic hydroxyl groups is 1. The number of nitrogens with one attached hydrogen (secondary N) is 2. The van der Waals surface area contributed by atoms with Gasteiger partial charge < -0.3 is 20.1 Å². The Morgan fingerprint density at radius 3 is 2.18 bits per heavy atom. The Balaban J connectivity index is 1.22. The first-order valence-corrected chi connectivity index (χ1v) is 14.0. The zero-order chi connectivity index (χ0) is 27.5. The van der Waals surface area contributed by atoms with E-state index in [1.807, 2.05) is 80.6 Å². The van der Waals surface area contributed by atoms with E-state index >= 15 is 0 Å². The van der Waals surface area contributed by atoms with Crippen LogP contribution in [0.15, 0.2) is 77.6 Å². The van der Waals surface area contributed by atoms with Crippen molar-refractivity contribution in [2.45, 2.75) is 63.3 Å². The highest BCUT2D eigenvalue weighted by Crippen LogP contribution is 2.42. The zero-order valence-corrected chi connectivity index (χ0v) is 22.9. The van der Waals surface area contributed by atoms with E-state index in [2.05, 4.69) is 15.2 Å². The highest BCUT2D eigenvalue weighted by Gasteiger charge is 2.41. The molecule has 7 heteroatoms. The van der Waals surface area contributed by atoms with Crippen molar-refractivity contribution in [1.29, 1.82) is 0 Å². The number of benzene rings is 2. The van der Waals surface area contributed by atoms with Gasteiger partial charge in [-0.25, -0.2) is 0 Å². The topological polar surface area (TPSA) is 94.7 Å². The third kappa shape index (κ3) is 6.16. The van der Waals surface area contributed by atoms with Crippen molar-refractivity contribution in [3.05, 3.63) is 106 Å². The number of aromatic amines is 1. The summed E-state index contributed by atoms with van der Waals surface area (Å²) < 4.78 is 5.73. The van der Waals surface area contributed by atoms with Crippen LogP contribution in [0.2, 0.25) is 0 Å². The lowest BCUT2D eigenvalue weighted by Gasteiger charge is -2.42. The summed E-state index contributed by atoms with van der Waals surface area (Å²) in [6.45, 7) is 6.82. The molecule has 0 bridgehead atoms. The Morgan fingerprint density at radius 2 is 1.62 bits per heavy atom. The molecule has 7 nitrogen and oxygen atoms in total. The lowest BCUT2D eigenvalue weighted by Crippen LogP contribution is -2.46. The second-order valence-electron chi connectivity index (χ2n) is 11.5. The molecule has 2 aliphatic heterocycles. The number of aromatic nitrogens is 1. The van der Waals surface area contributed by atoms with E-state index in [1.165, 1.54) is 0 Å². The number of carbonyl (C=O) groups excluding carboxylic acids is 1. The first kappa shape index (κ1) is 27.3. The number of piperidine rings is 1. The van der Waals surface area contributed by atoms with Crippen LogP contribution in [0, 0.1) is 5.92 Å². The van der Waals surface area contributed by atoms with Gasteiger partial charge in [0, 0.05) is 24.9 Å². The van der Waals surface area contributed by atoms with E-state index in [0.717, 1.165) is 49.2 Å². The van der Waals surface area contributed by atoms with Crippen LogP contribution in [0.5, 0.6) is 0 Å². The molecule has 0 radical (unpaired) electrons. The van der Waals surface area contributed by atoms with Crippen molar-refractivity contribution >= 4 is 5.91 Å². The summed E-state index contributed by atoms with van der Waals surface area (Å²) in [5, 5.41) is 15.1. The number of ether oxygens (including phenoxy) is 1. The predicted molar refractivity (Wildman–Crippen MR) is 151 cm³/mol. The molecule has 3 aromatic rings. The van der Waals surface area contributed by atoms with Gasteiger partial charge in [0.15, 0.2) is 0 Å². The van der Waals surface area contributed by atoms with Gasteiger partial charge in [0.05, 0.1) is 5.60 Å². The molecule has 2 fully saturated rings. The SMILES string of the molecule is CC1(C)C[C@H](NC(=O)c2ccc(CN3CCC(C(O)(c4ccccc4)c4ccccc4)CC3)[nH]c2=O)CCO1. The van der Waals surface area contributed by atoms with Crippen LogP contribution in [-0.2, 0) is 16.9 Å². The third-order valence-electron chi connectivity index (χ3n) is 8.25. The maximum atomic E-state index is 12.8. The fraction of sp³-hybridized carbons (Fsp3) is 0.438. The van der Waals surface area contributed by atoms with Crippen LogP contribution in [0.25, 0.3) is 0 Å². The minimum absolute atomic E-state index is 0.00737. The standard InChI is InChI=1S/C32H39N3O4/c1-31(2)21-26(17-20-39-31)33-29(36)28-14-13-27(34-30(28)37)22-35-18-15-25(16-19-35)32(38,23-9-5-3-6-10-23)24-11-7-4-8-12-24/h3-14,25-26,38H,15-22H2,1-2H3,(H,33,36)(H,34,37)/t26-/m1/s1. The molecule has 1 aromatic heterocycles. The number of hydrogen-bond donors (Lipinski definition) is 3. The molecule has 0 saturated carbocycles. The molecular weight excluding hydrogens is 490 g/mol. The second-order valence-corrected chi connectivity index (χ2v) is 11.5. The van der Waals surface area contributed by atoms with Crippen molar-refractivity contribution in [1.82, 2.24) is 15.2 Å². The number of H-pyrrole nitrogens is 1. The van der Waals surface area contributed by atoms with Crippen LogP contribution < -0.4 is 10.9 Å². The minimum atomic E-state index is -1.06. The Labute approximate surface area is 230 Å².